The van der Waals surface area contributed by atoms with Crippen LogP contribution in [0.15, 0.2) is 41.3 Å². The fourth-order valence-corrected chi connectivity index (χ4v) is 1.72. The molecule has 0 spiro atoms. The van der Waals surface area contributed by atoms with Crippen molar-refractivity contribution in [1.82, 2.24) is 9.78 Å². The van der Waals surface area contributed by atoms with Gasteiger partial charge in [0.1, 0.15) is 5.02 Å². The molecule has 1 aromatic carbocycles. The van der Waals surface area contributed by atoms with Gasteiger partial charge in [-0.1, -0.05) is 41.9 Å². The summed E-state index contributed by atoms with van der Waals surface area (Å²) in [6, 6.07) is 9.85. The number of nitrogens with zero attached hydrogens (tertiary/aromatic N) is 2. The number of benzene rings is 1. The van der Waals surface area contributed by atoms with Crippen LogP contribution in [0.4, 0.5) is 0 Å². The minimum absolute atomic E-state index is 0.251. The first-order chi connectivity index (χ1) is 7.68. The van der Waals surface area contributed by atoms with Crippen LogP contribution in [0, 0.1) is 0 Å². The van der Waals surface area contributed by atoms with Crippen LogP contribution in [0.3, 0.4) is 0 Å². The van der Waals surface area contributed by atoms with Gasteiger partial charge in [0.05, 0.1) is 6.20 Å². The van der Waals surface area contributed by atoms with E-state index in [9.17, 15) is 4.79 Å². The summed E-state index contributed by atoms with van der Waals surface area (Å²) in [7, 11) is 1.58. The summed E-state index contributed by atoms with van der Waals surface area (Å²) in [4.78, 5) is 11.5. The Balaban J connectivity index is 2.37. The highest BCUT2D eigenvalue weighted by Gasteiger charge is 2.07. The predicted octanol–water partition coefficient (Wildman–Crippen LogP) is 2.02. The fourth-order valence-electron chi connectivity index (χ4n) is 1.48. The summed E-state index contributed by atoms with van der Waals surface area (Å²) in [5.74, 6) is 0. The minimum atomic E-state index is -0.255. The normalized spacial score (nSPS) is 10.4. The second kappa shape index (κ2) is 4.49. The SMILES string of the molecule is Cn1ncc(Cc2ccccc2)c(Cl)c1=O. The Morgan fingerprint density at radius 3 is 2.69 bits per heavy atom. The second-order valence-electron chi connectivity index (χ2n) is 3.57. The molecule has 82 valence electrons. The van der Waals surface area contributed by atoms with Gasteiger partial charge in [0, 0.05) is 19.0 Å². The maximum atomic E-state index is 11.5. The van der Waals surface area contributed by atoms with Crippen molar-refractivity contribution >= 4 is 11.6 Å². The van der Waals surface area contributed by atoms with Crippen molar-refractivity contribution in [1.29, 1.82) is 0 Å². The summed E-state index contributed by atoms with van der Waals surface area (Å²) in [6.45, 7) is 0. The molecule has 0 aliphatic heterocycles. The largest absolute Gasteiger partial charge is 0.285 e. The first-order valence-electron chi connectivity index (χ1n) is 4.93. The number of rotatable bonds is 2. The monoisotopic (exact) mass is 234 g/mol. The average molecular weight is 235 g/mol. The van der Waals surface area contributed by atoms with Crippen LogP contribution in [-0.2, 0) is 13.5 Å². The summed E-state index contributed by atoms with van der Waals surface area (Å²) >= 11 is 5.98. The minimum Gasteiger partial charge on any atom is -0.266 e. The third-order valence-electron chi connectivity index (χ3n) is 2.39. The van der Waals surface area contributed by atoms with Gasteiger partial charge in [0.25, 0.3) is 5.56 Å². The van der Waals surface area contributed by atoms with Crippen LogP contribution in [-0.4, -0.2) is 9.78 Å². The second-order valence-corrected chi connectivity index (χ2v) is 3.95. The predicted molar refractivity (Wildman–Crippen MR) is 63.7 cm³/mol. The van der Waals surface area contributed by atoms with Gasteiger partial charge in [-0.2, -0.15) is 5.10 Å². The van der Waals surface area contributed by atoms with E-state index in [0.717, 1.165) is 11.1 Å². The van der Waals surface area contributed by atoms with Gasteiger partial charge in [-0.15, -0.1) is 0 Å². The topological polar surface area (TPSA) is 34.9 Å². The first-order valence-corrected chi connectivity index (χ1v) is 5.31. The molecule has 16 heavy (non-hydrogen) atoms. The van der Waals surface area contributed by atoms with E-state index in [1.54, 1.807) is 13.2 Å². The zero-order valence-electron chi connectivity index (χ0n) is 8.85. The molecule has 0 saturated heterocycles. The molecule has 0 aliphatic carbocycles. The van der Waals surface area contributed by atoms with Crippen molar-refractivity contribution in [3.63, 3.8) is 0 Å². The van der Waals surface area contributed by atoms with Crippen LogP contribution in [0.2, 0.25) is 5.02 Å². The van der Waals surface area contributed by atoms with Gasteiger partial charge in [0.2, 0.25) is 0 Å². The molecule has 2 aromatic rings. The summed E-state index contributed by atoms with van der Waals surface area (Å²) < 4.78 is 1.23. The molecule has 0 bridgehead atoms. The van der Waals surface area contributed by atoms with E-state index in [0.29, 0.717) is 6.42 Å². The lowest BCUT2D eigenvalue weighted by molar-refractivity contribution is 0.701. The van der Waals surface area contributed by atoms with E-state index in [1.165, 1.54) is 4.68 Å². The van der Waals surface area contributed by atoms with E-state index in [-0.39, 0.29) is 10.6 Å². The van der Waals surface area contributed by atoms with Gasteiger partial charge in [-0.05, 0) is 5.56 Å². The molecule has 0 radical (unpaired) electrons. The molecule has 0 saturated carbocycles. The number of aromatic nitrogens is 2. The fraction of sp³-hybridized carbons (Fsp3) is 0.167. The number of aryl methyl sites for hydroxylation is 1. The molecule has 1 aromatic heterocycles. The van der Waals surface area contributed by atoms with Gasteiger partial charge in [0.15, 0.2) is 0 Å². The highest BCUT2D eigenvalue weighted by Crippen LogP contribution is 2.14. The van der Waals surface area contributed by atoms with Crippen LogP contribution in [0.5, 0.6) is 0 Å². The molecule has 1 heterocycles. The smallest absolute Gasteiger partial charge is 0.266 e. The first kappa shape index (κ1) is 10.9. The molecule has 0 amide bonds. The van der Waals surface area contributed by atoms with Crippen LogP contribution < -0.4 is 5.56 Å². The Labute approximate surface area is 98.3 Å². The number of hydrogen-bond donors (Lipinski definition) is 0. The zero-order chi connectivity index (χ0) is 11.5. The summed E-state index contributed by atoms with van der Waals surface area (Å²) in [5, 5.41) is 4.21. The van der Waals surface area contributed by atoms with Gasteiger partial charge in [-0.25, -0.2) is 4.68 Å². The molecule has 3 nitrogen and oxygen atoms in total. The summed E-state index contributed by atoms with van der Waals surface area (Å²) in [5.41, 5.74) is 1.62. The molecule has 0 fully saturated rings. The van der Waals surface area contributed by atoms with Crippen molar-refractivity contribution in [2.24, 2.45) is 7.05 Å². The average Bonchev–Trinajstić information content (AvgIpc) is 2.31. The van der Waals surface area contributed by atoms with E-state index in [1.807, 2.05) is 30.3 Å². The van der Waals surface area contributed by atoms with E-state index >= 15 is 0 Å². The highest BCUT2D eigenvalue weighted by atomic mass is 35.5. The van der Waals surface area contributed by atoms with Crippen molar-refractivity contribution in [3.05, 3.63) is 63.0 Å². The van der Waals surface area contributed by atoms with Crippen molar-refractivity contribution < 1.29 is 0 Å². The number of halogens is 1. The lowest BCUT2D eigenvalue weighted by atomic mass is 10.1. The Hall–Kier alpha value is -1.61. The molecule has 4 heteroatoms. The Morgan fingerprint density at radius 2 is 2.00 bits per heavy atom. The zero-order valence-corrected chi connectivity index (χ0v) is 9.61. The molecule has 0 unspecified atom stereocenters. The lowest BCUT2D eigenvalue weighted by Crippen LogP contribution is -2.21. The van der Waals surface area contributed by atoms with E-state index in [4.69, 9.17) is 11.6 Å². The van der Waals surface area contributed by atoms with E-state index in [2.05, 4.69) is 5.10 Å². The molecule has 0 aliphatic rings. The van der Waals surface area contributed by atoms with Gasteiger partial charge in [-0.3, -0.25) is 4.79 Å². The Morgan fingerprint density at radius 1 is 1.31 bits per heavy atom. The van der Waals surface area contributed by atoms with Crippen molar-refractivity contribution in [2.45, 2.75) is 6.42 Å². The third kappa shape index (κ3) is 2.14. The standard InChI is InChI=1S/C12H11ClN2O/c1-15-12(16)11(13)10(8-14-15)7-9-5-3-2-4-6-9/h2-6,8H,7H2,1H3. The highest BCUT2D eigenvalue weighted by molar-refractivity contribution is 6.31. The molecular formula is C12H11ClN2O. The molecular weight excluding hydrogens is 224 g/mol. The van der Waals surface area contributed by atoms with Crippen LogP contribution in [0.1, 0.15) is 11.1 Å². The lowest BCUT2D eigenvalue weighted by Gasteiger charge is -2.04. The maximum absolute atomic E-state index is 11.5. The molecule has 0 N–H and O–H groups in total. The van der Waals surface area contributed by atoms with Gasteiger partial charge < -0.3 is 0 Å². The quantitative estimate of drug-likeness (QED) is 0.797. The number of hydrogen-bond acceptors (Lipinski definition) is 2. The van der Waals surface area contributed by atoms with E-state index < -0.39 is 0 Å². The van der Waals surface area contributed by atoms with Crippen molar-refractivity contribution in [3.8, 4) is 0 Å². The van der Waals surface area contributed by atoms with Gasteiger partial charge >= 0.3 is 0 Å². The molecule has 0 atom stereocenters. The summed E-state index contributed by atoms with van der Waals surface area (Å²) in [6.07, 6.45) is 2.26. The van der Waals surface area contributed by atoms with Crippen molar-refractivity contribution in [2.75, 3.05) is 0 Å². The maximum Gasteiger partial charge on any atom is 0.285 e. The Kier molecular flexibility index (Phi) is 3.06. The van der Waals surface area contributed by atoms with Crippen LogP contribution >= 0.6 is 11.6 Å². The Bertz CT molecular complexity index is 549. The third-order valence-corrected chi connectivity index (χ3v) is 2.79. The van der Waals surface area contributed by atoms with Crippen LogP contribution in [0.25, 0.3) is 0 Å². The molecule has 2 rings (SSSR count).